The van der Waals surface area contributed by atoms with E-state index in [4.69, 9.17) is 4.43 Å². The maximum atomic E-state index is 11.9. The van der Waals surface area contributed by atoms with Crippen molar-refractivity contribution in [1.82, 2.24) is 0 Å². The number of carbonyl (C=O) groups is 1. The van der Waals surface area contributed by atoms with Gasteiger partial charge in [-0.1, -0.05) is 51.1 Å². The molecule has 1 saturated carbocycles. The van der Waals surface area contributed by atoms with E-state index in [1.165, 1.54) is 5.56 Å². The standard InChI is InChI=1S/C18H28O2Si/c1-18(2,3)21(4,5)20-13-15-11-16(19)12-17(15)14-9-7-6-8-10-14/h6-10,15,17H,11-13H2,1-5H3. The predicted octanol–water partition coefficient (Wildman–Crippen LogP) is 4.77. The minimum Gasteiger partial charge on any atom is -0.417 e. The fourth-order valence-corrected chi connectivity index (χ4v) is 3.79. The van der Waals surface area contributed by atoms with Crippen LogP contribution in [0.5, 0.6) is 0 Å². The molecule has 0 amide bonds. The molecular weight excluding hydrogens is 276 g/mol. The molecule has 116 valence electrons. The van der Waals surface area contributed by atoms with E-state index in [1.54, 1.807) is 0 Å². The third kappa shape index (κ3) is 3.83. The van der Waals surface area contributed by atoms with E-state index in [0.717, 1.165) is 6.61 Å². The summed E-state index contributed by atoms with van der Waals surface area (Å²) < 4.78 is 6.36. The van der Waals surface area contributed by atoms with Crippen molar-refractivity contribution in [2.24, 2.45) is 5.92 Å². The second-order valence-electron chi connectivity index (χ2n) is 7.80. The van der Waals surface area contributed by atoms with Crippen molar-refractivity contribution in [3.63, 3.8) is 0 Å². The van der Waals surface area contributed by atoms with Crippen LogP contribution in [0.15, 0.2) is 30.3 Å². The predicted molar refractivity (Wildman–Crippen MR) is 90.1 cm³/mol. The van der Waals surface area contributed by atoms with Crippen LogP contribution in [0.4, 0.5) is 0 Å². The van der Waals surface area contributed by atoms with E-state index < -0.39 is 8.32 Å². The fraction of sp³-hybridized carbons (Fsp3) is 0.611. The molecule has 0 spiro atoms. The molecule has 1 aliphatic rings. The van der Waals surface area contributed by atoms with E-state index in [2.05, 4.69) is 58.1 Å². The molecule has 0 bridgehead atoms. The Bertz CT molecular complexity index is 488. The second-order valence-corrected chi connectivity index (χ2v) is 12.6. The van der Waals surface area contributed by atoms with Crippen molar-refractivity contribution < 1.29 is 9.22 Å². The highest BCUT2D eigenvalue weighted by molar-refractivity contribution is 6.74. The van der Waals surface area contributed by atoms with Crippen LogP contribution in [0.1, 0.15) is 45.1 Å². The molecule has 0 saturated heterocycles. The number of rotatable bonds is 4. The van der Waals surface area contributed by atoms with E-state index >= 15 is 0 Å². The van der Waals surface area contributed by atoms with Crippen molar-refractivity contribution >= 4 is 14.1 Å². The molecule has 0 radical (unpaired) electrons. The lowest BCUT2D eigenvalue weighted by molar-refractivity contribution is -0.117. The summed E-state index contributed by atoms with van der Waals surface area (Å²) in [6, 6.07) is 10.4. The third-order valence-electron chi connectivity index (χ3n) is 5.20. The smallest absolute Gasteiger partial charge is 0.191 e. The van der Waals surface area contributed by atoms with Gasteiger partial charge in [0.1, 0.15) is 5.78 Å². The van der Waals surface area contributed by atoms with Crippen LogP contribution in [0, 0.1) is 5.92 Å². The normalized spacial score (nSPS) is 23.6. The molecule has 1 aromatic carbocycles. The number of Topliss-reactive ketones (excluding diaryl/α,β-unsaturated/α-hetero) is 1. The van der Waals surface area contributed by atoms with Crippen LogP contribution >= 0.6 is 0 Å². The average molecular weight is 305 g/mol. The summed E-state index contributed by atoms with van der Waals surface area (Å²) in [5.74, 6) is 1.06. The Balaban J connectivity index is 2.06. The number of hydrogen-bond donors (Lipinski definition) is 0. The molecule has 1 fully saturated rings. The van der Waals surface area contributed by atoms with Gasteiger partial charge in [0.25, 0.3) is 0 Å². The van der Waals surface area contributed by atoms with Crippen LogP contribution < -0.4 is 0 Å². The topological polar surface area (TPSA) is 26.3 Å². The Hall–Kier alpha value is -0.933. The van der Waals surface area contributed by atoms with E-state index in [1.807, 2.05) is 6.07 Å². The quantitative estimate of drug-likeness (QED) is 0.749. The van der Waals surface area contributed by atoms with Gasteiger partial charge in [0.2, 0.25) is 0 Å². The first-order valence-corrected chi connectivity index (χ1v) is 10.8. The lowest BCUT2D eigenvalue weighted by atomic mass is 9.89. The lowest BCUT2D eigenvalue weighted by Crippen LogP contribution is -2.42. The van der Waals surface area contributed by atoms with Crippen LogP contribution in [0.2, 0.25) is 18.1 Å². The molecule has 0 aliphatic heterocycles. The van der Waals surface area contributed by atoms with Crippen molar-refractivity contribution in [2.45, 2.75) is 57.7 Å². The molecule has 1 aliphatic carbocycles. The summed E-state index contributed by atoms with van der Waals surface area (Å²) in [6.07, 6.45) is 1.35. The molecule has 21 heavy (non-hydrogen) atoms. The van der Waals surface area contributed by atoms with Crippen molar-refractivity contribution in [1.29, 1.82) is 0 Å². The Morgan fingerprint density at radius 1 is 1.14 bits per heavy atom. The van der Waals surface area contributed by atoms with E-state index in [9.17, 15) is 4.79 Å². The zero-order valence-electron chi connectivity index (χ0n) is 14.0. The third-order valence-corrected chi connectivity index (χ3v) is 9.70. The minimum atomic E-state index is -1.74. The number of ketones is 1. The molecule has 3 heteroatoms. The molecule has 2 rings (SSSR count). The van der Waals surface area contributed by atoms with Gasteiger partial charge >= 0.3 is 0 Å². The summed E-state index contributed by atoms with van der Waals surface area (Å²) in [5.41, 5.74) is 1.28. The van der Waals surface area contributed by atoms with Crippen LogP contribution in [0.25, 0.3) is 0 Å². The van der Waals surface area contributed by atoms with Crippen LogP contribution in [0.3, 0.4) is 0 Å². The maximum absolute atomic E-state index is 11.9. The first kappa shape index (κ1) is 16.4. The van der Waals surface area contributed by atoms with Gasteiger partial charge in [-0.2, -0.15) is 0 Å². The van der Waals surface area contributed by atoms with Gasteiger partial charge < -0.3 is 4.43 Å². The Morgan fingerprint density at radius 3 is 2.33 bits per heavy atom. The van der Waals surface area contributed by atoms with Gasteiger partial charge in [0, 0.05) is 19.4 Å². The van der Waals surface area contributed by atoms with E-state index in [0.29, 0.717) is 30.5 Å². The zero-order valence-corrected chi connectivity index (χ0v) is 15.0. The van der Waals surface area contributed by atoms with Gasteiger partial charge in [0.05, 0.1) is 0 Å². The van der Waals surface area contributed by atoms with Gasteiger partial charge in [-0.15, -0.1) is 0 Å². The zero-order chi connectivity index (χ0) is 15.7. The Morgan fingerprint density at radius 2 is 1.76 bits per heavy atom. The van der Waals surface area contributed by atoms with Gasteiger partial charge in [-0.05, 0) is 35.5 Å². The molecule has 0 heterocycles. The molecule has 2 unspecified atom stereocenters. The highest BCUT2D eigenvalue weighted by Gasteiger charge is 2.40. The van der Waals surface area contributed by atoms with E-state index in [-0.39, 0.29) is 5.04 Å². The molecule has 0 aromatic heterocycles. The number of hydrogen-bond acceptors (Lipinski definition) is 2. The van der Waals surface area contributed by atoms with Crippen molar-refractivity contribution in [2.75, 3.05) is 6.61 Å². The molecule has 1 aromatic rings. The second kappa shape index (κ2) is 6.05. The molecule has 2 atom stereocenters. The first-order chi connectivity index (χ1) is 9.71. The van der Waals surface area contributed by atoms with Gasteiger partial charge in [0.15, 0.2) is 8.32 Å². The summed E-state index contributed by atoms with van der Waals surface area (Å²) in [7, 11) is -1.74. The monoisotopic (exact) mass is 304 g/mol. The maximum Gasteiger partial charge on any atom is 0.191 e. The van der Waals surface area contributed by atoms with Gasteiger partial charge in [-0.25, -0.2) is 0 Å². The highest BCUT2D eigenvalue weighted by atomic mass is 28.4. The number of benzene rings is 1. The van der Waals surface area contributed by atoms with Crippen molar-refractivity contribution in [3.8, 4) is 0 Å². The average Bonchev–Trinajstić information content (AvgIpc) is 2.77. The molecular formula is C18H28O2Si. The van der Waals surface area contributed by atoms with Crippen LogP contribution in [-0.4, -0.2) is 20.7 Å². The summed E-state index contributed by atoms with van der Waals surface area (Å²) in [4.78, 5) is 11.9. The van der Waals surface area contributed by atoms with Crippen LogP contribution in [-0.2, 0) is 9.22 Å². The fourth-order valence-electron chi connectivity index (χ4n) is 2.73. The largest absolute Gasteiger partial charge is 0.417 e. The summed E-state index contributed by atoms with van der Waals surface area (Å²) in [5, 5.41) is 0.220. The first-order valence-electron chi connectivity index (χ1n) is 7.91. The molecule has 2 nitrogen and oxygen atoms in total. The summed E-state index contributed by atoms with van der Waals surface area (Å²) in [6.45, 7) is 12.1. The SMILES string of the molecule is CC(C)(C)[Si](C)(C)OCC1CC(=O)CC1c1ccccc1. The Labute approximate surface area is 130 Å². The number of carbonyl (C=O) groups excluding carboxylic acids is 1. The lowest BCUT2D eigenvalue weighted by Gasteiger charge is -2.37. The van der Waals surface area contributed by atoms with Crippen molar-refractivity contribution in [3.05, 3.63) is 35.9 Å². The summed E-state index contributed by atoms with van der Waals surface area (Å²) >= 11 is 0. The van der Waals surface area contributed by atoms with Gasteiger partial charge in [-0.3, -0.25) is 4.79 Å². The highest BCUT2D eigenvalue weighted by Crippen LogP contribution is 2.41. The minimum absolute atomic E-state index is 0.220. The molecule has 0 N–H and O–H groups in total. The Kier molecular flexibility index (Phi) is 4.74.